The van der Waals surface area contributed by atoms with Gasteiger partial charge in [0, 0.05) is 24.6 Å². The van der Waals surface area contributed by atoms with Crippen LogP contribution in [0, 0.1) is 13.8 Å². The molecule has 7 nitrogen and oxygen atoms in total. The topological polar surface area (TPSA) is 72.6 Å². The zero-order valence-corrected chi connectivity index (χ0v) is 13.6. The van der Waals surface area contributed by atoms with Gasteiger partial charge in [-0.15, -0.1) is 20.4 Å². The highest BCUT2D eigenvalue weighted by molar-refractivity contribution is 9.10. The molecule has 0 saturated carbocycles. The van der Waals surface area contributed by atoms with E-state index in [1.807, 2.05) is 25.6 Å². The number of halogens is 1. The average Bonchev–Trinajstić information content (AvgIpc) is 2.76. The third-order valence-electron chi connectivity index (χ3n) is 3.14. The quantitative estimate of drug-likeness (QED) is 0.805. The molecule has 2 aromatic rings. The van der Waals surface area contributed by atoms with Crippen molar-refractivity contribution in [2.75, 3.05) is 29.5 Å². The zero-order chi connectivity index (χ0) is 14.1. The second-order valence-corrected chi connectivity index (χ2v) is 6.51. The minimum atomic E-state index is 0.395. The number of aromatic nitrogens is 6. The molecule has 1 aliphatic rings. The molecule has 2 aromatic heterocycles. The summed E-state index contributed by atoms with van der Waals surface area (Å²) in [6.07, 6.45) is 0. The molecular weight excluding hydrogens is 342 g/mol. The van der Waals surface area contributed by atoms with Gasteiger partial charge in [0.1, 0.15) is 0 Å². The van der Waals surface area contributed by atoms with Gasteiger partial charge >= 0.3 is 0 Å². The van der Waals surface area contributed by atoms with Crippen LogP contribution >= 0.6 is 27.7 Å². The van der Waals surface area contributed by atoms with E-state index < -0.39 is 0 Å². The Morgan fingerprint density at radius 3 is 2.15 bits per heavy atom. The van der Waals surface area contributed by atoms with Crippen LogP contribution in [-0.2, 0) is 0 Å². The highest BCUT2D eigenvalue weighted by atomic mass is 79.9. The summed E-state index contributed by atoms with van der Waals surface area (Å²) in [7, 11) is 0. The summed E-state index contributed by atoms with van der Waals surface area (Å²) in [6, 6.07) is 0. The predicted octanol–water partition coefficient (Wildman–Crippen LogP) is 1.38. The summed E-state index contributed by atoms with van der Waals surface area (Å²) in [5, 5.41) is 21.0. The Morgan fingerprint density at radius 2 is 1.60 bits per heavy atom. The van der Waals surface area contributed by atoms with Gasteiger partial charge in [0.25, 0.3) is 11.9 Å². The van der Waals surface area contributed by atoms with E-state index in [1.165, 1.54) is 0 Å². The van der Waals surface area contributed by atoms with Crippen molar-refractivity contribution in [1.29, 1.82) is 0 Å². The molecule has 0 unspecified atom stereocenters. The van der Waals surface area contributed by atoms with Crippen molar-refractivity contribution in [2.24, 2.45) is 0 Å². The Hall–Kier alpha value is -1.22. The second-order valence-electron chi connectivity index (χ2n) is 4.50. The smallest absolute Gasteiger partial charge is 0.289 e. The molecule has 106 valence electrons. The van der Waals surface area contributed by atoms with Crippen molar-refractivity contribution in [2.45, 2.75) is 13.8 Å². The van der Waals surface area contributed by atoms with Gasteiger partial charge in [0.2, 0.25) is 0 Å². The second kappa shape index (κ2) is 5.65. The first-order valence-corrected chi connectivity index (χ1v) is 8.24. The van der Waals surface area contributed by atoms with Crippen molar-refractivity contribution in [3.63, 3.8) is 0 Å². The third kappa shape index (κ3) is 2.51. The first kappa shape index (κ1) is 13.7. The molecule has 1 saturated heterocycles. The molecule has 0 atom stereocenters. The van der Waals surface area contributed by atoms with Crippen LogP contribution in [0.2, 0.25) is 0 Å². The lowest BCUT2D eigenvalue weighted by Gasteiger charge is -2.25. The van der Waals surface area contributed by atoms with Crippen LogP contribution in [0.25, 0.3) is 5.95 Å². The van der Waals surface area contributed by atoms with Crippen LogP contribution in [0.5, 0.6) is 0 Å². The molecule has 0 bridgehead atoms. The fourth-order valence-corrected chi connectivity index (χ4v) is 3.16. The highest BCUT2D eigenvalue weighted by Crippen LogP contribution is 2.21. The molecule has 20 heavy (non-hydrogen) atoms. The van der Waals surface area contributed by atoms with Crippen LogP contribution in [0.1, 0.15) is 11.4 Å². The van der Waals surface area contributed by atoms with Crippen molar-refractivity contribution < 1.29 is 0 Å². The van der Waals surface area contributed by atoms with E-state index in [1.54, 1.807) is 4.68 Å². The molecule has 3 rings (SSSR count). The van der Waals surface area contributed by atoms with Gasteiger partial charge in [-0.3, -0.25) is 0 Å². The minimum absolute atomic E-state index is 0.395. The largest absolute Gasteiger partial charge is 0.337 e. The van der Waals surface area contributed by atoms with Crippen LogP contribution in [0.4, 0.5) is 5.95 Å². The maximum absolute atomic E-state index is 4.37. The van der Waals surface area contributed by atoms with Crippen LogP contribution in [0.3, 0.4) is 0 Å². The Morgan fingerprint density at radius 1 is 1.00 bits per heavy atom. The molecule has 3 heterocycles. The van der Waals surface area contributed by atoms with Gasteiger partial charge in [0.05, 0.1) is 15.9 Å². The van der Waals surface area contributed by atoms with E-state index >= 15 is 0 Å². The molecular formula is C11H14BrN7S. The summed E-state index contributed by atoms with van der Waals surface area (Å²) >= 11 is 5.43. The maximum atomic E-state index is 4.37. The van der Waals surface area contributed by atoms with E-state index in [-0.39, 0.29) is 0 Å². The fourth-order valence-electron chi connectivity index (χ4n) is 2.01. The van der Waals surface area contributed by atoms with E-state index in [0.29, 0.717) is 11.9 Å². The van der Waals surface area contributed by atoms with Gasteiger partial charge in [0.15, 0.2) is 0 Å². The zero-order valence-electron chi connectivity index (χ0n) is 11.2. The predicted molar refractivity (Wildman–Crippen MR) is 81.5 cm³/mol. The molecule has 0 N–H and O–H groups in total. The number of hydrogen-bond acceptors (Lipinski definition) is 7. The summed E-state index contributed by atoms with van der Waals surface area (Å²) in [6.45, 7) is 5.76. The first-order chi connectivity index (χ1) is 9.66. The summed E-state index contributed by atoms with van der Waals surface area (Å²) in [4.78, 5) is 2.11. The Labute approximate surface area is 129 Å². The standard InChI is InChI=1S/C11H14BrN7S/c1-7-9(12)8(2)19(17-7)11-15-13-10(14-16-11)18-3-5-20-6-4-18/h3-6H2,1-2H3. The normalized spacial score (nSPS) is 15.7. The van der Waals surface area contributed by atoms with Crippen molar-refractivity contribution in [3.8, 4) is 5.95 Å². The number of aryl methyl sites for hydroxylation is 1. The first-order valence-electron chi connectivity index (χ1n) is 6.29. The van der Waals surface area contributed by atoms with Crippen molar-refractivity contribution >= 4 is 33.6 Å². The molecule has 1 fully saturated rings. The summed E-state index contributed by atoms with van der Waals surface area (Å²) in [5.74, 6) is 3.17. The molecule has 0 aliphatic carbocycles. The number of hydrogen-bond donors (Lipinski definition) is 0. The Kier molecular flexibility index (Phi) is 3.88. The summed E-state index contributed by atoms with van der Waals surface area (Å²) < 4.78 is 2.60. The van der Waals surface area contributed by atoms with Crippen LogP contribution in [0.15, 0.2) is 4.47 Å². The van der Waals surface area contributed by atoms with Gasteiger partial charge in [-0.05, 0) is 29.8 Å². The molecule has 0 amide bonds. The lowest BCUT2D eigenvalue weighted by Crippen LogP contribution is -2.34. The van der Waals surface area contributed by atoms with Gasteiger partial charge in [-0.1, -0.05) is 0 Å². The minimum Gasteiger partial charge on any atom is -0.337 e. The molecule has 0 aromatic carbocycles. The van der Waals surface area contributed by atoms with E-state index in [2.05, 4.69) is 46.3 Å². The van der Waals surface area contributed by atoms with Crippen LogP contribution in [-0.4, -0.2) is 54.8 Å². The monoisotopic (exact) mass is 355 g/mol. The third-order valence-corrected chi connectivity index (χ3v) is 5.23. The molecule has 0 spiro atoms. The summed E-state index contributed by atoms with van der Waals surface area (Å²) in [5.41, 5.74) is 1.83. The molecule has 9 heteroatoms. The van der Waals surface area contributed by atoms with E-state index in [4.69, 9.17) is 0 Å². The van der Waals surface area contributed by atoms with Gasteiger partial charge in [-0.2, -0.15) is 21.5 Å². The van der Waals surface area contributed by atoms with Crippen LogP contribution < -0.4 is 4.90 Å². The maximum Gasteiger partial charge on any atom is 0.289 e. The number of nitrogens with zero attached hydrogens (tertiary/aromatic N) is 7. The fraction of sp³-hybridized carbons (Fsp3) is 0.545. The number of rotatable bonds is 2. The number of anilines is 1. The SMILES string of the molecule is Cc1nn(-c2nnc(N3CCSCC3)nn2)c(C)c1Br. The highest BCUT2D eigenvalue weighted by Gasteiger charge is 2.17. The molecule has 1 aliphatic heterocycles. The van der Waals surface area contributed by atoms with E-state index in [9.17, 15) is 0 Å². The van der Waals surface area contributed by atoms with Gasteiger partial charge < -0.3 is 4.90 Å². The lowest BCUT2D eigenvalue weighted by molar-refractivity contribution is 0.686. The molecule has 0 radical (unpaired) electrons. The van der Waals surface area contributed by atoms with Gasteiger partial charge in [-0.25, -0.2) is 0 Å². The van der Waals surface area contributed by atoms with Crippen molar-refractivity contribution in [1.82, 2.24) is 30.2 Å². The van der Waals surface area contributed by atoms with E-state index in [0.717, 1.165) is 40.5 Å². The Bertz CT molecular complexity index is 606. The lowest BCUT2D eigenvalue weighted by atomic mass is 10.4. The Balaban J connectivity index is 1.87. The van der Waals surface area contributed by atoms with Crippen molar-refractivity contribution in [3.05, 3.63) is 15.9 Å². The number of thioether (sulfide) groups is 1. The average molecular weight is 356 g/mol.